The first-order chi connectivity index (χ1) is 12.2. The molecule has 3 saturated heterocycles. The van der Waals surface area contributed by atoms with Gasteiger partial charge in [-0.3, -0.25) is 9.63 Å². The molecule has 0 aromatic heterocycles. The molecule has 2 bridgehead atoms. The lowest BCUT2D eigenvalue weighted by Gasteiger charge is -2.30. The Morgan fingerprint density at radius 3 is 2.84 bits per heavy atom. The van der Waals surface area contributed by atoms with E-state index < -0.39 is 12.4 Å². The number of rotatable bonds is 5. The quantitative estimate of drug-likeness (QED) is 0.636. The van der Waals surface area contributed by atoms with E-state index in [0.29, 0.717) is 18.7 Å². The van der Waals surface area contributed by atoms with E-state index >= 15 is 0 Å². The fourth-order valence-electron chi connectivity index (χ4n) is 3.72. The summed E-state index contributed by atoms with van der Waals surface area (Å²) >= 11 is 0. The molecule has 1 aromatic rings. The summed E-state index contributed by atoms with van der Waals surface area (Å²) < 4.78 is 0. The van der Waals surface area contributed by atoms with Crippen molar-refractivity contribution in [2.75, 3.05) is 19.6 Å². The van der Waals surface area contributed by atoms with Crippen molar-refractivity contribution in [3.05, 3.63) is 30.3 Å². The molecule has 0 radical (unpaired) electrons. The van der Waals surface area contributed by atoms with Gasteiger partial charge in [-0.2, -0.15) is 0 Å². The van der Waals surface area contributed by atoms with Gasteiger partial charge in [-0.25, -0.2) is 10.4 Å². The summed E-state index contributed by atoms with van der Waals surface area (Å²) in [5.41, 5.74) is 2.57. The zero-order chi connectivity index (χ0) is 17.2. The first kappa shape index (κ1) is 16.7. The molecule has 3 aliphatic heterocycles. The van der Waals surface area contributed by atoms with Crippen LogP contribution in [0.2, 0.25) is 0 Å². The number of benzene rings is 1. The second kappa shape index (κ2) is 7.27. The summed E-state index contributed by atoms with van der Waals surface area (Å²) in [5, 5.41) is 15.4. The Hall–Kier alpha value is -1.71. The molecule has 0 spiro atoms. The van der Waals surface area contributed by atoms with Crippen molar-refractivity contribution in [1.82, 2.24) is 20.8 Å². The predicted molar refractivity (Wildman–Crippen MR) is 88.9 cm³/mol. The molecule has 4 rings (SSSR count). The Labute approximate surface area is 146 Å². The van der Waals surface area contributed by atoms with Gasteiger partial charge >= 0.3 is 0 Å². The highest BCUT2D eigenvalue weighted by atomic mass is 16.7. The minimum Gasteiger partial charge on any atom is -0.402 e. The number of para-hydroxylation sites is 1. The van der Waals surface area contributed by atoms with Crippen LogP contribution in [0.4, 0.5) is 0 Å². The van der Waals surface area contributed by atoms with Gasteiger partial charge in [0.25, 0.3) is 5.91 Å². The van der Waals surface area contributed by atoms with Crippen LogP contribution in [0.15, 0.2) is 30.3 Å². The van der Waals surface area contributed by atoms with E-state index in [1.54, 1.807) is 9.96 Å². The van der Waals surface area contributed by atoms with Crippen LogP contribution in [-0.2, 0) is 9.63 Å². The summed E-state index contributed by atoms with van der Waals surface area (Å²) in [7, 11) is 0. The molecular weight excluding hydrogens is 324 g/mol. The normalized spacial score (nSPS) is 34.8. The lowest BCUT2D eigenvalue weighted by atomic mass is 10.0. The standard InChI is InChI=1S/C17H24N4O4/c22-16(19-24-14-8-9-18-10-14)15-7-6-12-11-20(15)17(23)21(12)25-13-4-2-1-3-5-13/h1-5,12,14-15,17-18,23H,6-11H2,(H,19,22)/t12?,14-,15-,17?/m0/s1. The predicted octanol–water partition coefficient (Wildman–Crippen LogP) is -0.185. The monoisotopic (exact) mass is 348 g/mol. The van der Waals surface area contributed by atoms with E-state index in [1.165, 1.54) is 0 Å². The van der Waals surface area contributed by atoms with Gasteiger partial charge in [0, 0.05) is 13.1 Å². The van der Waals surface area contributed by atoms with Crippen molar-refractivity contribution in [3.63, 3.8) is 0 Å². The van der Waals surface area contributed by atoms with Gasteiger partial charge < -0.3 is 15.3 Å². The van der Waals surface area contributed by atoms with E-state index in [-0.39, 0.29) is 18.1 Å². The maximum Gasteiger partial charge on any atom is 0.261 e. The van der Waals surface area contributed by atoms with Gasteiger partial charge in [-0.1, -0.05) is 23.3 Å². The van der Waals surface area contributed by atoms with E-state index in [9.17, 15) is 9.90 Å². The maximum atomic E-state index is 12.5. The van der Waals surface area contributed by atoms with Crippen LogP contribution >= 0.6 is 0 Å². The molecule has 1 aromatic carbocycles. The van der Waals surface area contributed by atoms with Gasteiger partial charge in [0.1, 0.15) is 5.75 Å². The molecule has 3 aliphatic rings. The summed E-state index contributed by atoms with van der Waals surface area (Å²) in [5.74, 6) is 0.472. The number of carbonyl (C=O) groups is 1. The number of piperidine rings is 1. The van der Waals surface area contributed by atoms with Crippen molar-refractivity contribution in [3.8, 4) is 5.75 Å². The SMILES string of the molecule is O=C(NO[C@H]1CCNC1)[C@@H]1CCC2CN1C(O)N2Oc1ccccc1. The number of amides is 1. The summed E-state index contributed by atoms with van der Waals surface area (Å²) in [6, 6.07) is 9.03. The topological polar surface area (TPSA) is 86.3 Å². The minimum absolute atomic E-state index is 0.0155. The number of aliphatic hydroxyl groups excluding tert-OH is 1. The Morgan fingerprint density at radius 2 is 2.08 bits per heavy atom. The third-order valence-electron chi connectivity index (χ3n) is 5.08. The molecule has 3 unspecified atom stereocenters. The van der Waals surface area contributed by atoms with Crippen LogP contribution in [0.5, 0.6) is 5.75 Å². The second-order valence-electron chi connectivity index (χ2n) is 6.75. The van der Waals surface area contributed by atoms with Crippen molar-refractivity contribution in [1.29, 1.82) is 0 Å². The molecule has 3 N–H and O–H groups in total. The minimum atomic E-state index is -0.948. The van der Waals surface area contributed by atoms with E-state index in [2.05, 4.69) is 10.8 Å². The lowest BCUT2D eigenvalue weighted by Crippen LogP contribution is -2.52. The molecule has 8 heteroatoms. The number of hydrogen-bond acceptors (Lipinski definition) is 7. The fraction of sp³-hybridized carbons (Fsp3) is 0.588. The van der Waals surface area contributed by atoms with Crippen molar-refractivity contribution < 1.29 is 19.6 Å². The average Bonchev–Trinajstić information content (AvgIpc) is 3.24. The first-order valence-corrected chi connectivity index (χ1v) is 8.84. The number of fused-ring (bicyclic) bond motifs is 2. The number of nitrogens with zero attached hydrogens (tertiary/aromatic N) is 2. The molecule has 5 atom stereocenters. The van der Waals surface area contributed by atoms with Gasteiger partial charge in [-0.05, 0) is 37.9 Å². The average molecular weight is 348 g/mol. The molecule has 8 nitrogen and oxygen atoms in total. The van der Waals surface area contributed by atoms with Gasteiger partial charge in [0.15, 0.2) is 6.35 Å². The molecule has 136 valence electrons. The summed E-state index contributed by atoms with van der Waals surface area (Å²) in [6.07, 6.45) is 1.40. The smallest absolute Gasteiger partial charge is 0.261 e. The maximum absolute atomic E-state index is 12.5. The van der Waals surface area contributed by atoms with Gasteiger partial charge in [0.05, 0.1) is 18.2 Å². The molecule has 3 heterocycles. The van der Waals surface area contributed by atoms with Crippen molar-refractivity contribution in [2.45, 2.75) is 43.8 Å². The molecular formula is C17H24N4O4. The highest BCUT2D eigenvalue weighted by Crippen LogP contribution is 2.32. The third kappa shape index (κ3) is 3.49. The lowest BCUT2D eigenvalue weighted by molar-refractivity contribution is -0.201. The highest BCUT2D eigenvalue weighted by molar-refractivity contribution is 5.81. The number of nitrogens with one attached hydrogen (secondary N) is 2. The number of aliphatic hydroxyl groups is 1. The molecule has 0 saturated carbocycles. The first-order valence-electron chi connectivity index (χ1n) is 8.84. The van der Waals surface area contributed by atoms with Crippen LogP contribution in [-0.4, -0.2) is 65.2 Å². The van der Waals surface area contributed by atoms with Crippen molar-refractivity contribution in [2.24, 2.45) is 0 Å². The Morgan fingerprint density at radius 1 is 1.24 bits per heavy atom. The van der Waals surface area contributed by atoms with Crippen LogP contribution in [0, 0.1) is 0 Å². The van der Waals surface area contributed by atoms with E-state index in [0.717, 1.165) is 25.9 Å². The van der Waals surface area contributed by atoms with Gasteiger partial charge in [-0.15, -0.1) is 0 Å². The Bertz CT molecular complexity index is 596. The van der Waals surface area contributed by atoms with Crippen molar-refractivity contribution >= 4 is 5.91 Å². The number of hydrogen-bond donors (Lipinski definition) is 3. The third-order valence-corrected chi connectivity index (χ3v) is 5.08. The molecule has 3 fully saturated rings. The molecule has 1 amide bonds. The van der Waals surface area contributed by atoms with Crippen LogP contribution in [0.3, 0.4) is 0 Å². The largest absolute Gasteiger partial charge is 0.402 e. The van der Waals surface area contributed by atoms with Gasteiger partial charge in [0.2, 0.25) is 0 Å². The van der Waals surface area contributed by atoms with Crippen LogP contribution < -0.4 is 15.6 Å². The number of hydroxylamine groups is 3. The zero-order valence-electron chi connectivity index (χ0n) is 14.0. The van der Waals surface area contributed by atoms with E-state index in [4.69, 9.17) is 9.68 Å². The summed E-state index contributed by atoms with van der Waals surface area (Å²) in [6.45, 7) is 2.25. The summed E-state index contributed by atoms with van der Waals surface area (Å²) in [4.78, 5) is 25.6. The second-order valence-corrected chi connectivity index (χ2v) is 6.75. The Kier molecular flexibility index (Phi) is 4.87. The van der Waals surface area contributed by atoms with Crippen LogP contribution in [0.1, 0.15) is 19.3 Å². The van der Waals surface area contributed by atoms with E-state index in [1.807, 2.05) is 30.3 Å². The fourth-order valence-corrected chi connectivity index (χ4v) is 3.72. The zero-order valence-corrected chi connectivity index (χ0v) is 14.0. The number of carbonyl (C=O) groups excluding carboxylic acids is 1. The Balaban J connectivity index is 1.36. The molecule has 25 heavy (non-hydrogen) atoms. The molecule has 0 aliphatic carbocycles. The van der Waals surface area contributed by atoms with Crippen LogP contribution in [0.25, 0.3) is 0 Å². The highest BCUT2D eigenvalue weighted by Gasteiger charge is 2.49.